The molecule has 0 aliphatic carbocycles. The first-order chi connectivity index (χ1) is 9.20. The van der Waals surface area contributed by atoms with E-state index in [9.17, 15) is 4.79 Å². The predicted molar refractivity (Wildman–Crippen MR) is 81.9 cm³/mol. The van der Waals surface area contributed by atoms with Crippen molar-refractivity contribution in [2.24, 2.45) is 0 Å². The number of amides is 1. The van der Waals surface area contributed by atoms with Gasteiger partial charge in [-0.3, -0.25) is 4.79 Å². The van der Waals surface area contributed by atoms with Crippen LogP contribution in [-0.4, -0.2) is 36.6 Å². The molecule has 0 radical (unpaired) electrons. The highest BCUT2D eigenvalue weighted by Gasteiger charge is 2.03. The summed E-state index contributed by atoms with van der Waals surface area (Å²) >= 11 is 1.40. The van der Waals surface area contributed by atoms with Crippen molar-refractivity contribution in [1.82, 2.24) is 4.90 Å². The summed E-state index contributed by atoms with van der Waals surface area (Å²) in [7, 11) is 3.58. The first-order valence-corrected chi connectivity index (χ1v) is 7.70. The monoisotopic (exact) mass is 281 g/mol. The Morgan fingerprint density at radius 1 is 1.11 bits per heavy atom. The third-order valence-electron chi connectivity index (χ3n) is 2.64. The van der Waals surface area contributed by atoms with E-state index in [1.54, 1.807) is 19.0 Å². The Morgan fingerprint density at radius 3 is 2.47 bits per heavy atom. The number of hydrogen-bond acceptors (Lipinski definition) is 3. The normalized spacial score (nSPS) is 10.2. The highest BCUT2D eigenvalue weighted by atomic mass is 32.2. The van der Waals surface area contributed by atoms with E-state index < -0.39 is 0 Å². The van der Waals surface area contributed by atoms with Crippen LogP contribution in [0.3, 0.4) is 0 Å². The number of benzene rings is 1. The van der Waals surface area contributed by atoms with Crippen LogP contribution >= 0.6 is 11.8 Å². The van der Waals surface area contributed by atoms with Gasteiger partial charge < -0.3 is 9.64 Å². The molecule has 0 N–H and O–H groups in total. The van der Waals surface area contributed by atoms with Crippen LogP contribution in [0, 0.1) is 0 Å². The largest absolute Gasteiger partial charge is 0.494 e. The molecule has 19 heavy (non-hydrogen) atoms. The van der Waals surface area contributed by atoms with E-state index in [-0.39, 0.29) is 5.24 Å². The minimum Gasteiger partial charge on any atom is -0.494 e. The number of carbonyl (C=O) groups excluding carboxylic acids is 1. The first-order valence-electron chi connectivity index (χ1n) is 6.72. The van der Waals surface area contributed by atoms with Gasteiger partial charge in [0.1, 0.15) is 5.75 Å². The number of rotatable bonds is 8. The van der Waals surface area contributed by atoms with Crippen LogP contribution in [-0.2, 0) is 0 Å². The highest BCUT2D eigenvalue weighted by Crippen LogP contribution is 2.12. The van der Waals surface area contributed by atoms with Gasteiger partial charge in [0.05, 0.1) is 6.61 Å². The van der Waals surface area contributed by atoms with Gasteiger partial charge in [-0.05, 0) is 25.0 Å². The average Bonchev–Trinajstić information content (AvgIpc) is 2.42. The van der Waals surface area contributed by atoms with Crippen LogP contribution in [0.2, 0.25) is 0 Å². The van der Waals surface area contributed by atoms with Crippen LogP contribution in [0.1, 0.15) is 25.7 Å². The molecule has 0 fully saturated rings. The van der Waals surface area contributed by atoms with Gasteiger partial charge in [0.2, 0.25) is 0 Å². The standard InChI is InChI=1S/C15H23NO2S/c1-16(2)15(17)19-13-9-4-3-8-12-18-14-10-6-5-7-11-14/h5-7,10-11H,3-4,8-9,12-13H2,1-2H3. The van der Waals surface area contributed by atoms with Crippen LogP contribution in [0.4, 0.5) is 4.79 Å². The van der Waals surface area contributed by atoms with Crippen molar-refractivity contribution in [2.45, 2.75) is 25.7 Å². The van der Waals surface area contributed by atoms with Gasteiger partial charge in [-0.25, -0.2) is 0 Å². The number of unbranched alkanes of at least 4 members (excludes halogenated alkanes) is 3. The second-order valence-electron chi connectivity index (χ2n) is 4.58. The molecule has 0 aromatic heterocycles. The Bertz CT molecular complexity index is 354. The van der Waals surface area contributed by atoms with Gasteiger partial charge in [-0.2, -0.15) is 0 Å². The zero-order chi connectivity index (χ0) is 13.9. The maximum atomic E-state index is 11.3. The maximum absolute atomic E-state index is 11.3. The van der Waals surface area contributed by atoms with Crippen molar-refractivity contribution >= 4 is 17.0 Å². The number of para-hydroxylation sites is 1. The zero-order valence-corrected chi connectivity index (χ0v) is 12.6. The molecule has 1 rings (SSSR count). The molecule has 0 heterocycles. The van der Waals surface area contributed by atoms with Crippen LogP contribution in [0.15, 0.2) is 30.3 Å². The quantitative estimate of drug-likeness (QED) is 0.673. The van der Waals surface area contributed by atoms with Crippen LogP contribution < -0.4 is 4.74 Å². The number of carbonyl (C=O) groups is 1. The SMILES string of the molecule is CN(C)C(=O)SCCCCCCOc1ccccc1. The van der Waals surface area contributed by atoms with Gasteiger partial charge in [-0.1, -0.05) is 42.8 Å². The first kappa shape index (κ1) is 15.9. The van der Waals surface area contributed by atoms with Gasteiger partial charge in [0.25, 0.3) is 5.24 Å². The van der Waals surface area contributed by atoms with Gasteiger partial charge in [0, 0.05) is 19.8 Å². The van der Waals surface area contributed by atoms with Crippen molar-refractivity contribution < 1.29 is 9.53 Å². The van der Waals surface area contributed by atoms with Gasteiger partial charge in [-0.15, -0.1) is 0 Å². The Balaban J connectivity index is 1.90. The summed E-state index contributed by atoms with van der Waals surface area (Å²) in [5.74, 6) is 1.85. The molecule has 0 spiro atoms. The highest BCUT2D eigenvalue weighted by molar-refractivity contribution is 8.13. The fraction of sp³-hybridized carbons (Fsp3) is 0.533. The molecule has 0 aliphatic heterocycles. The number of thioether (sulfide) groups is 1. The number of ether oxygens (including phenoxy) is 1. The van der Waals surface area contributed by atoms with E-state index in [0.29, 0.717) is 0 Å². The zero-order valence-electron chi connectivity index (χ0n) is 11.8. The molecule has 3 nitrogen and oxygen atoms in total. The average molecular weight is 281 g/mol. The molecule has 0 atom stereocenters. The van der Waals surface area contributed by atoms with E-state index in [4.69, 9.17) is 4.74 Å². The minimum absolute atomic E-state index is 0.146. The summed E-state index contributed by atoms with van der Waals surface area (Å²) in [6.07, 6.45) is 4.48. The molecule has 1 amide bonds. The summed E-state index contributed by atoms with van der Waals surface area (Å²) in [6.45, 7) is 0.772. The van der Waals surface area contributed by atoms with Crippen molar-refractivity contribution in [2.75, 3.05) is 26.5 Å². The lowest BCUT2D eigenvalue weighted by atomic mass is 10.2. The van der Waals surface area contributed by atoms with E-state index in [1.165, 1.54) is 11.8 Å². The molecular formula is C15H23NO2S. The van der Waals surface area contributed by atoms with E-state index in [1.807, 2.05) is 30.3 Å². The van der Waals surface area contributed by atoms with Crippen LogP contribution in [0.5, 0.6) is 5.75 Å². The molecule has 0 aliphatic rings. The van der Waals surface area contributed by atoms with Crippen molar-refractivity contribution in [3.63, 3.8) is 0 Å². The Morgan fingerprint density at radius 2 is 1.79 bits per heavy atom. The van der Waals surface area contributed by atoms with E-state index in [0.717, 1.165) is 43.8 Å². The third-order valence-corrected chi connectivity index (χ3v) is 3.75. The molecule has 0 saturated heterocycles. The number of nitrogens with zero attached hydrogens (tertiary/aromatic N) is 1. The van der Waals surface area contributed by atoms with Crippen molar-refractivity contribution in [3.05, 3.63) is 30.3 Å². The summed E-state index contributed by atoms with van der Waals surface area (Å²) < 4.78 is 5.62. The summed E-state index contributed by atoms with van der Waals surface area (Å²) in [4.78, 5) is 12.9. The molecule has 0 saturated carbocycles. The lowest BCUT2D eigenvalue weighted by molar-refractivity contribution is 0.241. The van der Waals surface area contributed by atoms with Gasteiger partial charge >= 0.3 is 0 Å². The van der Waals surface area contributed by atoms with Crippen LogP contribution in [0.25, 0.3) is 0 Å². The van der Waals surface area contributed by atoms with Gasteiger partial charge in [0.15, 0.2) is 0 Å². The second-order valence-corrected chi connectivity index (χ2v) is 5.63. The predicted octanol–water partition coefficient (Wildman–Crippen LogP) is 4.04. The minimum atomic E-state index is 0.146. The lowest BCUT2D eigenvalue weighted by Crippen LogP contribution is -2.16. The molecule has 0 unspecified atom stereocenters. The maximum Gasteiger partial charge on any atom is 0.281 e. The van der Waals surface area contributed by atoms with Crippen molar-refractivity contribution in [3.8, 4) is 5.75 Å². The molecule has 1 aromatic carbocycles. The Kier molecular flexibility index (Phi) is 8.14. The molecule has 106 valence electrons. The molecular weight excluding hydrogens is 258 g/mol. The fourth-order valence-electron chi connectivity index (χ4n) is 1.55. The number of hydrogen-bond donors (Lipinski definition) is 0. The summed E-state index contributed by atoms with van der Waals surface area (Å²) in [6, 6.07) is 9.90. The third kappa shape index (κ3) is 7.78. The second kappa shape index (κ2) is 9.73. The lowest BCUT2D eigenvalue weighted by Gasteiger charge is -2.09. The van der Waals surface area contributed by atoms with Crippen molar-refractivity contribution in [1.29, 1.82) is 0 Å². The molecule has 1 aromatic rings. The Hall–Kier alpha value is -1.16. The fourth-order valence-corrected chi connectivity index (χ4v) is 2.33. The topological polar surface area (TPSA) is 29.5 Å². The molecule has 4 heteroatoms. The summed E-state index contributed by atoms with van der Waals surface area (Å²) in [5, 5.41) is 0.146. The summed E-state index contributed by atoms with van der Waals surface area (Å²) in [5.41, 5.74) is 0. The van der Waals surface area contributed by atoms with E-state index >= 15 is 0 Å². The Labute approximate surface area is 120 Å². The smallest absolute Gasteiger partial charge is 0.281 e. The molecule has 0 bridgehead atoms. The van der Waals surface area contributed by atoms with E-state index in [2.05, 4.69) is 0 Å².